The zero-order valence-electron chi connectivity index (χ0n) is 13.4. The van der Waals surface area contributed by atoms with Crippen molar-refractivity contribution in [3.8, 4) is 0 Å². The Morgan fingerprint density at radius 2 is 1.83 bits per heavy atom. The fourth-order valence-corrected chi connectivity index (χ4v) is 4.92. The molecule has 3 rings (SSSR count). The van der Waals surface area contributed by atoms with Crippen LogP contribution in [0, 0.1) is 12.7 Å². The van der Waals surface area contributed by atoms with E-state index in [-0.39, 0.29) is 16.6 Å². The van der Waals surface area contributed by atoms with Crippen LogP contribution in [0.15, 0.2) is 47.4 Å². The highest BCUT2D eigenvalue weighted by Gasteiger charge is 2.30. The highest BCUT2D eigenvalue weighted by atomic mass is 35.5. The third-order valence-corrected chi connectivity index (χ3v) is 6.61. The molecule has 1 saturated heterocycles. The number of rotatable bonds is 3. The third-order valence-electron chi connectivity index (χ3n) is 4.48. The van der Waals surface area contributed by atoms with Crippen molar-refractivity contribution in [1.29, 1.82) is 0 Å². The van der Waals surface area contributed by atoms with Crippen LogP contribution in [-0.2, 0) is 10.0 Å². The van der Waals surface area contributed by atoms with Gasteiger partial charge in [-0.15, -0.1) is 0 Å². The monoisotopic (exact) mass is 367 g/mol. The summed E-state index contributed by atoms with van der Waals surface area (Å²) in [5.74, 6) is -0.150. The molecule has 0 amide bonds. The second-order valence-corrected chi connectivity index (χ2v) is 8.54. The number of hydrogen-bond acceptors (Lipinski definition) is 2. The van der Waals surface area contributed by atoms with Gasteiger partial charge in [-0.05, 0) is 61.1 Å². The third kappa shape index (κ3) is 3.48. The van der Waals surface area contributed by atoms with E-state index in [1.54, 1.807) is 18.2 Å². The Morgan fingerprint density at radius 3 is 2.46 bits per heavy atom. The van der Waals surface area contributed by atoms with Crippen LogP contribution in [-0.4, -0.2) is 25.8 Å². The fraction of sp³-hybridized carbons (Fsp3) is 0.333. The van der Waals surface area contributed by atoms with E-state index >= 15 is 0 Å². The molecule has 0 atom stereocenters. The van der Waals surface area contributed by atoms with E-state index in [9.17, 15) is 12.8 Å². The molecule has 0 spiro atoms. The smallest absolute Gasteiger partial charge is 0.207 e. The first-order chi connectivity index (χ1) is 11.4. The van der Waals surface area contributed by atoms with E-state index in [2.05, 4.69) is 0 Å². The van der Waals surface area contributed by atoms with Gasteiger partial charge in [0.1, 0.15) is 5.82 Å². The average molecular weight is 368 g/mol. The Morgan fingerprint density at radius 1 is 1.12 bits per heavy atom. The second-order valence-electron chi connectivity index (χ2n) is 6.16. The van der Waals surface area contributed by atoms with Crippen LogP contribution in [0.25, 0.3) is 0 Å². The lowest BCUT2D eigenvalue weighted by molar-refractivity contribution is 0.315. The molecule has 0 bridgehead atoms. The molecule has 0 aromatic heterocycles. The lowest BCUT2D eigenvalue weighted by atomic mass is 9.89. The first-order valence-corrected chi connectivity index (χ1v) is 9.71. The fourth-order valence-electron chi connectivity index (χ4n) is 3.15. The summed E-state index contributed by atoms with van der Waals surface area (Å²) in [6, 6.07) is 11.5. The van der Waals surface area contributed by atoms with Gasteiger partial charge >= 0.3 is 0 Å². The summed E-state index contributed by atoms with van der Waals surface area (Å²) < 4.78 is 41.0. The molecule has 0 saturated carbocycles. The van der Waals surface area contributed by atoms with Crippen LogP contribution in [0.2, 0.25) is 5.02 Å². The quantitative estimate of drug-likeness (QED) is 0.808. The summed E-state index contributed by atoms with van der Waals surface area (Å²) in [7, 11) is -3.55. The molecule has 0 N–H and O–H groups in total. The van der Waals surface area contributed by atoms with Gasteiger partial charge in [0.05, 0.1) is 4.90 Å². The number of piperidine rings is 1. The molecule has 1 heterocycles. The average Bonchev–Trinajstić information content (AvgIpc) is 2.55. The van der Waals surface area contributed by atoms with Crippen molar-refractivity contribution >= 4 is 21.6 Å². The normalized spacial score (nSPS) is 17.1. The van der Waals surface area contributed by atoms with Crippen molar-refractivity contribution in [3.63, 3.8) is 0 Å². The van der Waals surface area contributed by atoms with E-state index in [1.165, 1.54) is 16.4 Å². The Balaban J connectivity index is 1.75. The van der Waals surface area contributed by atoms with E-state index in [0.29, 0.717) is 36.5 Å². The van der Waals surface area contributed by atoms with Gasteiger partial charge in [0.15, 0.2) is 0 Å². The Kier molecular flexibility index (Phi) is 4.95. The Labute approximate surface area is 147 Å². The first-order valence-electron chi connectivity index (χ1n) is 7.90. The largest absolute Gasteiger partial charge is 0.243 e. The van der Waals surface area contributed by atoms with E-state index in [1.807, 2.05) is 19.1 Å². The number of halogens is 2. The summed E-state index contributed by atoms with van der Waals surface area (Å²) in [4.78, 5) is 0.204. The Hall–Kier alpha value is -1.43. The maximum atomic E-state index is 14.1. The zero-order chi connectivity index (χ0) is 17.3. The maximum absolute atomic E-state index is 14.1. The molecule has 128 valence electrons. The van der Waals surface area contributed by atoms with Gasteiger partial charge in [-0.25, -0.2) is 12.8 Å². The number of sulfonamides is 1. The molecule has 2 aromatic rings. The van der Waals surface area contributed by atoms with Crippen molar-refractivity contribution in [2.24, 2.45) is 0 Å². The van der Waals surface area contributed by atoms with Crippen molar-refractivity contribution in [3.05, 3.63) is 64.4 Å². The van der Waals surface area contributed by atoms with Crippen LogP contribution >= 0.6 is 11.6 Å². The second kappa shape index (κ2) is 6.82. The SMILES string of the molecule is Cc1ccc(C2CCN(S(=O)(=O)c3cccc(Cl)c3)CC2)c(F)c1. The van der Waals surface area contributed by atoms with Crippen LogP contribution in [0.5, 0.6) is 0 Å². The number of hydrogen-bond donors (Lipinski definition) is 0. The van der Waals surface area contributed by atoms with Crippen LogP contribution < -0.4 is 0 Å². The summed E-state index contributed by atoms with van der Waals surface area (Å²) >= 11 is 5.90. The first kappa shape index (κ1) is 17.4. The lowest BCUT2D eigenvalue weighted by Crippen LogP contribution is -2.38. The van der Waals surface area contributed by atoms with Crippen molar-refractivity contribution < 1.29 is 12.8 Å². The van der Waals surface area contributed by atoms with Gasteiger partial charge in [0.2, 0.25) is 10.0 Å². The molecular formula is C18H19ClFNO2S. The number of nitrogens with zero attached hydrogens (tertiary/aromatic N) is 1. The van der Waals surface area contributed by atoms with Gasteiger partial charge < -0.3 is 0 Å². The minimum atomic E-state index is -3.55. The lowest BCUT2D eigenvalue weighted by Gasteiger charge is -2.31. The van der Waals surface area contributed by atoms with E-state index in [4.69, 9.17) is 11.6 Å². The van der Waals surface area contributed by atoms with Gasteiger partial charge in [-0.1, -0.05) is 29.8 Å². The van der Waals surface area contributed by atoms with E-state index < -0.39 is 10.0 Å². The molecule has 6 heteroatoms. The summed E-state index contributed by atoms with van der Waals surface area (Å²) in [5.41, 5.74) is 1.57. The number of benzene rings is 2. The minimum Gasteiger partial charge on any atom is -0.207 e. The highest BCUT2D eigenvalue weighted by molar-refractivity contribution is 7.89. The van der Waals surface area contributed by atoms with Gasteiger partial charge in [0, 0.05) is 18.1 Å². The van der Waals surface area contributed by atoms with E-state index in [0.717, 1.165) is 5.56 Å². The maximum Gasteiger partial charge on any atom is 0.243 e. The molecule has 1 aliphatic heterocycles. The minimum absolute atomic E-state index is 0.0522. The molecular weight excluding hydrogens is 349 g/mol. The summed E-state index contributed by atoms with van der Waals surface area (Å²) in [6.07, 6.45) is 1.22. The van der Waals surface area contributed by atoms with Crippen molar-refractivity contribution in [2.45, 2.75) is 30.6 Å². The van der Waals surface area contributed by atoms with Gasteiger partial charge in [-0.2, -0.15) is 4.31 Å². The van der Waals surface area contributed by atoms with Crippen molar-refractivity contribution in [2.75, 3.05) is 13.1 Å². The molecule has 2 aromatic carbocycles. The standard InChI is InChI=1S/C18H19ClFNO2S/c1-13-5-6-17(18(20)11-13)14-7-9-21(10-8-14)24(22,23)16-4-2-3-15(19)12-16/h2-6,11-12,14H,7-10H2,1H3. The summed E-state index contributed by atoms with van der Waals surface area (Å²) in [6.45, 7) is 2.62. The highest BCUT2D eigenvalue weighted by Crippen LogP contribution is 2.32. The van der Waals surface area contributed by atoms with Crippen LogP contribution in [0.3, 0.4) is 0 Å². The molecule has 0 unspecified atom stereocenters. The molecule has 0 aliphatic carbocycles. The van der Waals surface area contributed by atoms with Crippen LogP contribution in [0.1, 0.15) is 29.9 Å². The summed E-state index contributed by atoms with van der Waals surface area (Å²) in [5, 5.41) is 0.396. The molecule has 24 heavy (non-hydrogen) atoms. The van der Waals surface area contributed by atoms with Crippen molar-refractivity contribution in [1.82, 2.24) is 4.31 Å². The zero-order valence-corrected chi connectivity index (χ0v) is 14.9. The van der Waals surface area contributed by atoms with Gasteiger partial charge in [0.25, 0.3) is 0 Å². The molecule has 1 aliphatic rings. The predicted molar refractivity (Wildman–Crippen MR) is 93.3 cm³/mol. The molecule has 1 fully saturated rings. The molecule has 0 radical (unpaired) electrons. The Bertz CT molecular complexity index is 846. The van der Waals surface area contributed by atoms with Crippen LogP contribution in [0.4, 0.5) is 4.39 Å². The molecule has 3 nitrogen and oxygen atoms in total. The number of aryl methyl sites for hydroxylation is 1. The predicted octanol–water partition coefficient (Wildman–Crippen LogP) is 4.36. The topological polar surface area (TPSA) is 37.4 Å². The van der Waals surface area contributed by atoms with Gasteiger partial charge in [-0.3, -0.25) is 0 Å².